The van der Waals surface area contributed by atoms with Crippen molar-refractivity contribution in [2.24, 2.45) is 0 Å². The summed E-state index contributed by atoms with van der Waals surface area (Å²) in [5.41, 5.74) is 3.11. The van der Waals surface area contributed by atoms with Crippen LogP contribution in [-0.2, 0) is 34.0 Å². The van der Waals surface area contributed by atoms with E-state index in [1.165, 1.54) is 26.1 Å². The lowest BCUT2D eigenvalue weighted by Crippen LogP contribution is -2.30. The number of hydrogen-bond acceptors (Lipinski definition) is 6. The molecule has 154 valence electrons. The number of carbonyl (C=O) groups is 2. The average Bonchev–Trinajstić information content (AvgIpc) is 3.35. The predicted molar refractivity (Wildman–Crippen MR) is 113 cm³/mol. The van der Waals surface area contributed by atoms with Crippen LogP contribution in [0.2, 0.25) is 0 Å². The third-order valence-corrected chi connectivity index (χ3v) is 8.48. The lowest BCUT2D eigenvalue weighted by atomic mass is 9.99. The zero-order valence-corrected chi connectivity index (χ0v) is 17.9. The van der Waals surface area contributed by atoms with E-state index < -0.39 is 16.0 Å². The molecule has 0 radical (unpaired) electrons. The Kier molecular flexibility index (Phi) is 5.48. The number of aryl methyl sites for hydroxylation is 2. The molecule has 1 aliphatic heterocycles. The predicted octanol–water partition coefficient (Wildman–Crippen LogP) is 3.38. The normalized spacial score (nSPS) is 15.7. The van der Waals surface area contributed by atoms with Crippen LogP contribution in [0.25, 0.3) is 0 Å². The fraction of sp³-hybridized carbons (Fsp3) is 0.429. The molecule has 0 unspecified atom stereocenters. The van der Waals surface area contributed by atoms with Gasteiger partial charge in [-0.3, -0.25) is 9.10 Å². The Morgan fingerprint density at radius 1 is 1.10 bits per heavy atom. The van der Waals surface area contributed by atoms with E-state index in [-0.39, 0.29) is 18.1 Å². The van der Waals surface area contributed by atoms with Crippen molar-refractivity contribution in [3.8, 4) is 0 Å². The van der Waals surface area contributed by atoms with Crippen LogP contribution < -0.4 is 4.31 Å². The van der Waals surface area contributed by atoms with Crippen LogP contribution >= 0.6 is 11.3 Å². The van der Waals surface area contributed by atoms with Crippen LogP contribution in [0.5, 0.6) is 0 Å². The van der Waals surface area contributed by atoms with Crippen molar-refractivity contribution in [2.75, 3.05) is 23.2 Å². The zero-order valence-electron chi connectivity index (χ0n) is 16.3. The van der Waals surface area contributed by atoms with Crippen molar-refractivity contribution in [3.05, 3.63) is 50.7 Å². The summed E-state index contributed by atoms with van der Waals surface area (Å²) in [7, 11) is -3.32. The Balaban J connectivity index is 1.42. The van der Waals surface area contributed by atoms with Crippen molar-refractivity contribution in [1.29, 1.82) is 0 Å². The zero-order chi connectivity index (χ0) is 20.6. The van der Waals surface area contributed by atoms with Gasteiger partial charge in [0.15, 0.2) is 12.4 Å². The topological polar surface area (TPSA) is 80.8 Å². The lowest BCUT2D eigenvalue weighted by molar-refractivity contribution is 0.0479. The Morgan fingerprint density at radius 2 is 1.90 bits per heavy atom. The number of sulfonamides is 1. The van der Waals surface area contributed by atoms with Gasteiger partial charge in [0.2, 0.25) is 10.0 Å². The third-order valence-electron chi connectivity index (χ3n) is 5.49. The summed E-state index contributed by atoms with van der Waals surface area (Å²) in [6, 6.07) is 6.87. The second-order valence-electron chi connectivity index (χ2n) is 7.33. The van der Waals surface area contributed by atoms with Crippen molar-refractivity contribution in [2.45, 2.75) is 39.0 Å². The number of ether oxygens (including phenoxy) is 1. The molecule has 1 aliphatic carbocycles. The van der Waals surface area contributed by atoms with Gasteiger partial charge in [-0.1, -0.05) is 0 Å². The lowest BCUT2D eigenvalue weighted by Gasteiger charge is -2.18. The molecular weight excluding hydrogens is 410 g/mol. The first-order chi connectivity index (χ1) is 13.9. The number of ketones is 1. The molecule has 0 bridgehead atoms. The second kappa shape index (κ2) is 7.91. The van der Waals surface area contributed by atoms with Gasteiger partial charge >= 0.3 is 5.97 Å². The SMILES string of the molecule is CCS(=O)(=O)N1CCc2cc(C(=O)COC(=O)c3cc4c(s3)CCCC4)ccc21. The summed E-state index contributed by atoms with van der Waals surface area (Å²) in [6.45, 7) is 1.68. The van der Waals surface area contributed by atoms with Crippen LogP contribution in [0.3, 0.4) is 0 Å². The van der Waals surface area contributed by atoms with Crippen LogP contribution in [0.1, 0.15) is 55.8 Å². The van der Waals surface area contributed by atoms with E-state index in [1.54, 1.807) is 25.1 Å². The smallest absolute Gasteiger partial charge is 0.348 e. The van der Waals surface area contributed by atoms with Crippen LogP contribution in [-0.4, -0.2) is 39.1 Å². The Morgan fingerprint density at radius 3 is 2.66 bits per heavy atom. The minimum Gasteiger partial charge on any atom is -0.453 e. The van der Waals surface area contributed by atoms with Gasteiger partial charge in [0.1, 0.15) is 4.88 Å². The van der Waals surface area contributed by atoms with Gasteiger partial charge < -0.3 is 4.74 Å². The van der Waals surface area contributed by atoms with Gasteiger partial charge in [-0.05, 0) is 74.4 Å². The van der Waals surface area contributed by atoms with E-state index in [2.05, 4.69) is 0 Å². The number of rotatable bonds is 6. The minimum absolute atomic E-state index is 0.0369. The maximum absolute atomic E-state index is 12.5. The van der Waals surface area contributed by atoms with Crippen molar-refractivity contribution in [3.63, 3.8) is 0 Å². The number of fused-ring (bicyclic) bond motifs is 2. The van der Waals surface area contributed by atoms with Gasteiger partial charge in [0, 0.05) is 17.0 Å². The summed E-state index contributed by atoms with van der Waals surface area (Å²) >= 11 is 1.46. The first-order valence-electron chi connectivity index (χ1n) is 9.84. The van der Waals surface area contributed by atoms with Gasteiger partial charge in [0.25, 0.3) is 0 Å². The second-order valence-corrected chi connectivity index (χ2v) is 10.7. The molecular formula is C21H23NO5S2. The Labute approximate surface area is 174 Å². The molecule has 1 aromatic carbocycles. The summed E-state index contributed by atoms with van der Waals surface area (Å²) in [4.78, 5) is 26.6. The largest absolute Gasteiger partial charge is 0.453 e. The van der Waals surface area contributed by atoms with E-state index in [9.17, 15) is 18.0 Å². The molecule has 8 heteroatoms. The quantitative estimate of drug-likeness (QED) is 0.515. The number of benzene rings is 1. The fourth-order valence-electron chi connectivity index (χ4n) is 3.87. The van der Waals surface area contributed by atoms with Gasteiger partial charge in [-0.2, -0.15) is 0 Å². The van der Waals surface area contributed by atoms with Crippen molar-refractivity contribution < 1.29 is 22.7 Å². The number of hydrogen-bond donors (Lipinski definition) is 0. The Hall–Kier alpha value is -2.19. The van der Waals surface area contributed by atoms with Crippen LogP contribution in [0.15, 0.2) is 24.3 Å². The third kappa shape index (κ3) is 3.96. The molecule has 1 aromatic heterocycles. The first-order valence-corrected chi connectivity index (χ1v) is 12.3. The molecule has 0 N–H and O–H groups in total. The molecule has 2 aliphatic rings. The molecule has 6 nitrogen and oxygen atoms in total. The van der Waals surface area contributed by atoms with E-state index in [4.69, 9.17) is 4.74 Å². The number of nitrogens with zero attached hydrogens (tertiary/aromatic N) is 1. The molecule has 0 atom stereocenters. The van der Waals surface area contributed by atoms with E-state index >= 15 is 0 Å². The Bertz CT molecular complexity index is 1050. The summed E-state index contributed by atoms with van der Waals surface area (Å²) in [6.07, 6.45) is 4.86. The van der Waals surface area contributed by atoms with Crippen LogP contribution in [0, 0.1) is 0 Å². The summed E-state index contributed by atoms with van der Waals surface area (Å²) in [5.74, 6) is -0.715. The molecule has 2 aromatic rings. The van der Waals surface area contributed by atoms with Crippen LogP contribution in [0.4, 0.5) is 5.69 Å². The standard InChI is InChI=1S/C21H23NO5S2/c1-2-29(25,26)22-10-9-14-11-15(7-8-17(14)22)18(23)13-27-21(24)20-12-16-5-3-4-6-19(16)28-20/h7-8,11-12H,2-6,9-10,13H2,1H3. The summed E-state index contributed by atoms with van der Waals surface area (Å²) < 4.78 is 31.0. The first kappa shape index (κ1) is 20.1. The highest BCUT2D eigenvalue weighted by molar-refractivity contribution is 7.92. The number of carbonyl (C=O) groups excluding carboxylic acids is 2. The van der Waals surface area contributed by atoms with Gasteiger partial charge in [-0.15, -0.1) is 11.3 Å². The molecule has 29 heavy (non-hydrogen) atoms. The highest BCUT2D eigenvalue weighted by Gasteiger charge is 2.28. The average molecular weight is 434 g/mol. The van der Waals surface area contributed by atoms with E-state index in [0.29, 0.717) is 29.1 Å². The molecule has 4 rings (SSSR count). The maximum atomic E-state index is 12.5. The molecule has 0 spiro atoms. The highest BCUT2D eigenvalue weighted by Crippen LogP contribution is 2.32. The van der Waals surface area contributed by atoms with Crippen molar-refractivity contribution in [1.82, 2.24) is 0 Å². The number of anilines is 1. The molecule has 2 heterocycles. The van der Waals surface area contributed by atoms with E-state index in [0.717, 1.165) is 31.2 Å². The highest BCUT2D eigenvalue weighted by atomic mass is 32.2. The molecule has 0 saturated heterocycles. The number of esters is 1. The van der Waals surface area contributed by atoms with E-state index in [1.807, 2.05) is 6.07 Å². The van der Waals surface area contributed by atoms with Gasteiger partial charge in [0.05, 0.1) is 11.4 Å². The molecule has 0 fully saturated rings. The minimum atomic E-state index is -3.32. The maximum Gasteiger partial charge on any atom is 0.348 e. The molecule has 0 amide bonds. The summed E-state index contributed by atoms with van der Waals surface area (Å²) in [5, 5.41) is 0. The van der Waals surface area contributed by atoms with Gasteiger partial charge in [-0.25, -0.2) is 13.2 Å². The number of thiophene rings is 1. The van der Waals surface area contributed by atoms with Crippen molar-refractivity contribution >= 4 is 38.8 Å². The molecule has 0 saturated carbocycles. The fourth-order valence-corrected chi connectivity index (χ4v) is 6.17. The number of Topliss-reactive ketones (excluding diaryl/α,β-unsaturated/α-hetero) is 1. The monoisotopic (exact) mass is 433 g/mol.